The summed E-state index contributed by atoms with van der Waals surface area (Å²) in [5.74, 6) is -0.00113. The minimum absolute atomic E-state index is 0.0190. The van der Waals surface area contributed by atoms with Crippen LogP contribution in [0.4, 0.5) is 11.4 Å². The molecule has 2 aromatic rings. The Labute approximate surface area is 210 Å². The molecule has 2 aliphatic rings. The summed E-state index contributed by atoms with van der Waals surface area (Å²) in [4.78, 5) is 32.0. The van der Waals surface area contributed by atoms with Gasteiger partial charge in [0.1, 0.15) is 5.03 Å². The molecule has 1 unspecified atom stereocenters. The zero-order valence-electron chi connectivity index (χ0n) is 20.4. The maximum Gasteiger partial charge on any atom is 0.231 e. The van der Waals surface area contributed by atoms with E-state index in [-0.39, 0.29) is 17.7 Å². The Hall–Kier alpha value is -2.88. The van der Waals surface area contributed by atoms with Crippen LogP contribution in [0.25, 0.3) is 10.8 Å². The van der Waals surface area contributed by atoms with Gasteiger partial charge in [0.2, 0.25) is 11.8 Å². The smallest absolute Gasteiger partial charge is 0.231 e. The van der Waals surface area contributed by atoms with Gasteiger partial charge < -0.3 is 20.3 Å². The van der Waals surface area contributed by atoms with Crippen LogP contribution >= 0.6 is 11.9 Å². The van der Waals surface area contributed by atoms with Crippen molar-refractivity contribution in [1.29, 1.82) is 0 Å². The zero-order valence-corrected chi connectivity index (χ0v) is 21.2. The highest BCUT2D eigenvalue weighted by Gasteiger charge is 2.29. The number of rotatable bonds is 10. The van der Waals surface area contributed by atoms with Gasteiger partial charge in [0, 0.05) is 63.1 Å². The Morgan fingerprint density at radius 1 is 1.34 bits per heavy atom. The van der Waals surface area contributed by atoms with E-state index in [0.29, 0.717) is 26.1 Å². The standard InChI is InChI=1S/C26H33N5O3S/c1-27-16-23(28-2)35-30-12-5-8-19(17-30)26(33)29-21-10-11-22-25-18(7-4-9-20(21)25)15-24(32)31(22)13-6-14-34-3/h4,7,9-11,16,19,27H,2,5-6,8,12-15,17H2,1,3H3,(H,29,33)/b23-16+. The van der Waals surface area contributed by atoms with Crippen molar-refractivity contribution in [2.75, 3.05) is 50.6 Å². The molecule has 1 atom stereocenters. The number of methoxy groups -OCH3 is 1. The second-order valence-corrected chi connectivity index (χ2v) is 9.89. The molecule has 2 aliphatic heterocycles. The zero-order chi connectivity index (χ0) is 24.8. The average Bonchev–Trinajstić information content (AvgIpc) is 2.87. The summed E-state index contributed by atoms with van der Waals surface area (Å²) in [7, 11) is 3.49. The molecule has 0 aromatic heterocycles. The molecule has 1 fully saturated rings. The molecule has 0 spiro atoms. The number of aliphatic imine (C=N–C) groups is 1. The van der Waals surface area contributed by atoms with E-state index in [9.17, 15) is 9.59 Å². The fourth-order valence-corrected chi connectivity index (χ4v) is 5.75. The lowest BCUT2D eigenvalue weighted by atomic mass is 9.94. The van der Waals surface area contributed by atoms with Crippen LogP contribution in [-0.4, -0.2) is 63.2 Å². The third-order valence-corrected chi connectivity index (χ3v) is 7.45. The summed E-state index contributed by atoms with van der Waals surface area (Å²) in [6, 6.07) is 9.86. The minimum atomic E-state index is -0.116. The number of nitrogens with one attached hydrogen (secondary N) is 2. The Kier molecular flexibility index (Phi) is 8.43. The highest BCUT2D eigenvalue weighted by molar-refractivity contribution is 8.00. The van der Waals surface area contributed by atoms with Gasteiger partial charge >= 0.3 is 0 Å². The van der Waals surface area contributed by atoms with E-state index in [1.165, 1.54) is 11.9 Å². The molecular weight excluding hydrogens is 462 g/mol. The molecular formula is C26H33N5O3S. The second-order valence-electron chi connectivity index (χ2n) is 8.78. The molecule has 0 saturated carbocycles. The van der Waals surface area contributed by atoms with Gasteiger partial charge in [-0.25, -0.2) is 4.31 Å². The van der Waals surface area contributed by atoms with Gasteiger partial charge in [-0.15, -0.1) is 0 Å². The maximum absolute atomic E-state index is 13.3. The SMILES string of the molecule is C=N/C(=C\NC)SN1CCCC(C(=O)Nc2ccc3c4c(cccc24)CC(=O)N3CCCOC)C1. The van der Waals surface area contributed by atoms with E-state index >= 15 is 0 Å². The predicted molar refractivity (Wildman–Crippen MR) is 144 cm³/mol. The first kappa shape index (κ1) is 25.2. The van der Waals surface area contributed by atoms with Gasteiger partial charge in [0.05, 0.1) is 18.0 Å². The third kappa shape index (κ3) is 5.69. The molecule has 1 saturated heterocycles. The van der Waals surface area contributed by atoms with Crippen molar-refractivity contribution >= 4 is 52.6 Å². The maximum atomic E-state index is 13.3. The molecule has 2 heterocycles. The Bertz CT molecular complexity index is 1140. The van der Waals surface area contributed by atoms with Crippen molar-refractivity contribution in [3.05, 3.63) is 47.1 Å². The quantitative estimate of drug-likeness (QED) is 0.296. The van der Waals surface area contributed by atoms with Crippen LogP contribution in [0.3, 0.4) is 0 Å². The first-order chi connectivity index (χ1) is 17.0. The summed E-state index contributed by atoms with van der Waals surface area (Å²) < 4.78 is 7.35. The molecule has 186 valence electrons. The summed E-state index contributed by atoms with van der Waals surface area (Å²) >= 11 is 1.52. The van der Waals surface area contributed by atoms with Crippen molar-refractivity contribution in [2.45, 2.75) is 25.7 Å². The summed E-state index contributed by atoms with van der Waals surface area (Å²) in [6.07, 6.45) is 4.73. The lowest BCUT2D eigenvalue weighted by molar-refractivity contribution is -0.121. The topological polar surface area (TPSA) is 86.3 Å². The fourth-order valence-electron chi connectivity index (χ4n) is 4.78. The normalized spacial score (nSPS) is 18.6. The van der Waals surface area contributed by atoms with Crippen molar-refractivity contribution in [3.8, 4) is 0 Å². The Balaban J connectivity index is 1.53. The number of hydrogen-bond acceptors (Lipinski definition) is 7. The first-order valence-corrected chi connectivity index (χ1v) is 12.7. The van der Waals surface area contributed by atoms with Crippen molar-refractivity contribution in [1.82, 2.24) is 9.62 Å². The molecule has 9 heteroatoms. The van der Waals surface area contributed by atoms with Crippen LogP contribution in [0.15, 0.2) is 46.6 Å². The van der Waals surface area contributed by atoms with Crippen molar-refractivity contribution < 1.29 is 14.3 Å². The lowest BCUT2D eigenvalue weighted by Gasteiger charge is -2.32. The van der Waals surface area contributed by atoms with Crippen molar-refractivity contribution in [3.63, 3.8) is 0 Å². The van der Waals surface area contributed by atoms with Gasteiger partial charge in [-0.2, -0.15) is 0 Å². The average molecular weight is 496 g/mol. The fraction of sp³-hybridized carbons (Fsp3) is 0.423. The molecule has 0 aliphatic carbocycles. The summed E-state index contributed by atoms with van der Waals surface area (Å²) in [5, 5.41) is 8.96. The number of carbonyl (C=O) groups is 2. The van der Waals surface area contributed by atoms with E-state index < -0.39 is 0 Å². The number of carbonyl (C=O) groups excluding carboxylic acids is 2. The molecule has 0 bridgehead atoms. The number of benzene rings is 2. The molecule has 2 amide bonds. The number of amides is 2. The summed E-state index contributed by atoms with van der Waals surface area (Å²) in [6.45, 7) is 6.39. The Morgan fingerprint density at radius 3 is 2.97 bits per heavy atom. The number of piperidine rings is 1. The molecule has 2 N–H and O–H groups in total. The highest BCUT2D eigenvalue weighted by Crippen LogP contribution is 2.39. The van der Waals surface area contributed by atoms with E-state index in [1.807, 2.05) is 42.3 Å². The number of hydrogen-bond donors (Lipinski definition) is 2. The number of anilines is 2. The van der Waals surface area contributed by atoms with E-state index in [4.69, 9.17) is 4.74 Å². The highest BCUT2D eigenvalue weighted by atomic mass is 32.2. The van der Waals surface area contributed by atoms with Gasteiger partial charge in [-0.3, -0.25) is 14.6 Å². The van der Waals surface area contributed by atoms with Gasteiger partial charge in [-0.05, 0) is 55.6 Å². The van der Waals surface area contributed by atoms with Crippen LogP contribution in [0, 0.1) is 5.92 Å². The molecule has 35 heavy (non-hydrogen) atoms. The largest absolute Gasteiger partial charge is 0.392 e. The number of ether oxygens (including phenoxy) is 1. The van der Waals surface area contributed by atoms with Crippen molar-refractivity contribution in [2.24, 2.45) is 10.9 Å². The van der Waals surface area contributed by atoms with E-state index in [1.54, 1.807) is 13.3 Å². The second kappa shape index (κ2) is 11.7. The summed E-state index contributed by atoms with van der Waals surface area (Å²) in [5.41, 5.74) is 2.69. The third-order valence-electron chi connectivity index (χ3n) is 6.43. The monoisotopic (exact) mass is 495 g/mol. The van der Waals surface area contributed by atoms with Gasteiger partial charge in [-0.1, -0.05) is 18.2 Å². The first-order valence-electron chi connectivity index (χ1n) is 12.0. The van der Waals surface area contributed by atoms with Crippen LogP contribution in [0.5, 0.6) is 0 Å². The van der Waals surface area contributed by atoms with E-state index in [2.05, 4.69) is 26.6 Å². The molecule has 0 radical (unpaired) electrons. The predicted octanol–water partition coefficient (Wildman–Crippen LogP) is 3.78. The van der Waals surface area contributed by atoms with Crippen LogP contribution < -0.4 is 15.5 Å². The van der Waals surface area contributed by atoms with Crippen LogP contribution in [0.1, 0.15) is 24.8 Å². The lowest BCUT2D eigenvalue weighted by Crippen LogP contribution is -2.38. The minimum Gasteiger partial charge on any atom is -0.392 e. The van der Waals surface area contributed by atoms with E-state index in [0.717, 1.165) is 58.5 Å². The molecule has 4 rings (SSSR count). The van der Waals surface area contributed by atoms with Gasteiger partial charge in [0.25, 0.3) is 0 Å². The number of nitrogens with zero attached hydrogens (tertiary/aromatic N) is 3. The van der Waals surface area contributed by atoms with Crippen LogP contribution in [0.2, 0.25) is 0 Å². The molecule has 8 nitrogen and oxygen atoms in total. The van der Waals surface area contributed by atoms with Gasteiger partial charge in [0.15, 0.2) is 0 Å². The molecule has 2 aromatic carbocycles. The Morgan fingerprint density at radius 2 is 2.20 bits per heavy atom. The van der Waals surface area contributed by atoms with Crippen LogP contribution in [-0.2, 0) is 20.7 Å².